The Morgan fingerprint density at radius 3 is 2.72 bits per heavy atom. The van der Waals surface area contributed by atoms with E-state index >= 15 is 0 Å². The predicted octanol–water partition coefficient (Wildman–Crippen LogP) is 1.54. The standard InChI is InChI=1S/C11H14F3N3O/c1-17(5-10(13)14)6-11(18)16-9-3-2-7(12)4-8(9)15/h2-4,10H,5-6,15H2,1H3,(H,16,18). The molecule has 0 unspecified atom stereocenters. The summed E-state index contributed by atoms with van der Waals surface area (Å²) in [5, 5.41) is 2.42. The van der Waals surface area contributed by atoms with Crippen molar-refractivity contribution >= 4 is 17.3 Å². The first-order valence-corrected chi connectivity index (χ1v) is 5.20. The minimum atomic E-state index is -2.50. The summed E-state index contributed by atoms with van der Waals surface area (Å²) < 4.78 is 36.8. The van der Waals surface area contributed by atoms with Gasteiger partial charge in [0.2, 0.25) is 5.91 Å². The topological polar surface area (TPSA) is 58.4 Å². The highest BCUT2D eigenvalue weighted by atomic mass is 19.3. The first kappa shape index (κ1) is 14.3. The average Bonchev–Trinajstić information content (AvgIpc) is 2.20. The van der Waals surface area contributed by atoms with E-state index in [1.54, 1.807) is 0 Å². The van der Waals surface area contributed by atoms with E-state index in [9.17, 15) is 18.0 Å². The highest BCUT2D eigenvalue weighted by Crippen LogP contribution is 2.18. The van der Waals surface area contributed by atoms with Crippen molar-refractivity contribution in [1.82, 2.24) is 4.90 Å². The van der Waals surface area contributed by atoms with E-state index in [0.717, 1.165) is 12.1 Å². The van der Waals surface area contributed by atoms with Gasteiger partial charge in [-0.05, 0) is 25.2 Å². The molecule has 0 radical (unpaired) electrons. The van der Waals surface area contributed by atoms with E-state index in [1.807, 2.05) is 0 Å². The first-order chi connectivity index (χ1) is 8.38. The van der Waals surface area contributed by atoms with Crippen LogP contribution >= 0.6 is 0 Å². The van der Waals surface area contributed by atoms with Crippen LogP contribution in [0, 0.1) is 5.82 Å². The molecule has 100 valence electrons. The molecule has 0 aliphatic rings. The zero-order chi connectivity index (χ0) is 13.7. The molecule has 3 N–H and O–H groups in total. The number of hydrogen-bond donors (Lipinski definition) is 2. The van der Waals surface area contributed by atoms with Gasteiger partial charge in [0.1, 0.15) is 5.82 Å². The van der Waals surface area contributed by atoms with Gasteiger partial charge in [-0.25, -0.2) is 13.2 Å². The summed E-state index contributed by atoms with van der Waals surface area (Å²) in [4.78, 5) is 12.7. The molecule has 0 heterocycles. The van der Waals surface area contributed by atoms with E-state index in [1.165, 1.54) is 18.0 Å². The summed E-state index contributed by atoms with van der Waals surface area (Å²) >= 11 is 0. The van der Waals surface area contributed by atoms with Gasteiger partial charge in [0.15, 0.2) is 0 Å². The van der Waals surface area contributed by atoms with Gasteiger partial charge >= 0.3 is 0 Å². The van der Waals surface area contributed by atoms with Crippen molar-refractivity contribution in [3.63, 3.8) is 0 Å². The lowest BCUT2D eigenvalue weighted by Crippen LogP contribution is -2.33. The van der Waals surface area contributed by atoms with E-state index in [2.05, 4.69) is 5.32 Å². The Morgan fingerprint density at radius 2 is 2.17 bits per heavy atom. The molecule has 0 saturated heterocycles. The number of nitrogens with zero attached hydrogens (tertiary/aromatic N) is 1. The number of nitrogens with one attached hydrogen (secondary N) is 1. The Bertz CT molecular complexity index is 426. The number of anilines is 2. The van der Waals surface area contributed by atoms with Crippen LogP contribution in [-0.2, 0) is 4.79 Å². The molecule has 4 nitrogen and oxygen atoms in total. The first-order valence-electron chi connectivity index (χ1n) is 5.20. The molecule has 0 aromatic heterocycles. The summed E-state index contributed by atoms with van der Waals surface area (Å²) in [5.41, 5.74) is 5.83. The number of halogens is 3. The lowest BCUT2D eigenvalue weighted by atomic mass is 10.2. The molecule has 0 spiro atoms. The van der Waals surface area contributed by atoms with Crippen molar-refractivity contribution in [2.45, 2.75) is 6.43 Å². The third kappa shape index (κ3) is 4.62. The largest absolute Gasteiger partial charge is 0.397 e. The van der Waals surface area contributed by atoms with E-state index in [-0.39, 0.29) is 17.9 Å². The van der Waals surface area contributed by atoms with Crippen molar-refractivity contribution in [3.8, 4) is 0 Å². The molecular formula is C11H14F3N3O. The van der Waals surface area contributed by atoms with Gasteiger partial charge in [-0.15, -0.1) is 0 Å². The average molecular weight is 261 g/mol. The monoisotopic (exact) mass is 261 g/mol. The van der Waals surface area contributed by atoms with Crippen molar-refractivity contribution in [3.05, 3.63) is 24.0 Å². The molecule has 0 saturated carbocycles. The van der Waals surface area contributed by atoms with Crippen LogP contribution in [0.1, 0.15) is 0 Å². The highest BCUT2D eigenvalue weighted by Gasteiger charge is 2.12. The van der Waals surface area contributed by atoms with Gasteiger partial charge in [-0.3, -0.25) is 9.69 Å². The molecule has 1 amide bonds. The zero-order valence-electron chi connectivity index (χ0n) is 9.79. The van der Waals surface area contributed by atoms with Gasteiger partial charge in [-0.2, -0.15) is 0 Å². The Kier molecular flexibility index (Phi) is 4.96. The summed E-state index contributed by atoms with van der Waals surface area (Å²) in [7, 11) is 1.40. The van der Waals surface area contributed by atoms with Crippen LogP contribution in [0.15, 0.2) is 18.2 Å². The third-order valence-corrected chi connectivity index (χ3v) is 2.15. The van der Waals surface area contributed by atoms with E-state index in [0.29, 0.717) is 0 Å². The summed E-state index contributed by atoms with van der Waals surface area (Å²) in [6, 6.07) is 3.53. The number of benzene rings is 1. The van der Waals surface area contributed by atoms with Crippen LogP contribution in [0.4, 0.5) is 24.5 Å². The van der Waals surface area contributed by atoms with Gasteiger partial charge in [-0.1, -0.05) is 0 Å². The van der Waals surface area contributed by atoms with Gasteiger partial charge < -0.3 is 11.1 Å². The van der Waals surface area contributed by atoms with E-state index < -0.39 is 24.7 Å². The smallest absolute Gasteiger partial charge is 0.251 e. The lowest BCUT2D eigenvalue weighted by molar-refractivity contribution is -0.117. The van der Waals surface area contributed by atoms with Crippen molar-refractivity contribution in [1.29, 1.82) is 0 Å². The fourth-order valence-electron chi connectivity index (χ4n) is 1.38. The molecule has 18 heavy (non-hydrogen) atoms. The second-order valence-electron chi connectivity index (χ2n) is 3.87. The second-order valence-corrected chi connectivity index (χ2v) is 3.87. The van der Waals surface area contributed by atoms with Gasteiger partial charge in [0.25, 0.3) is 6.43 Å². The van der Waals surface area contributed by atoms with Crippen LogP contribution in [0.5, 0.6) is 0 Å². The number of carbonyl (C=O) groups excluding carboxylic acids is 1. The predicted molar refractivity (Wildman–Crippen MR) is 62.9 cm³/mol. The maximum absolute atomic E-state index is 12.8. The van der Waals surface area contributed by atoms with Crippen LogP contribution in [0.3, 0.4) is 0 Å². The molecule has 0 fully saturated rings. The summed E-state index contributed by atoms with van der Waals surface area (Å²) in [6.45, 7) is -0.687. The van der Waals surface area contributed by atoms with Crippen LogP contribution in [0.25, 0.3) is 0 Å². The molecule has 0 aliphatic heterocycles. The number of hydrogen-bond acceptors (Lipinski definition) is 3. The van der Waals surface area contributed by atoms with Crippen molar-refractivity contribution < 1.29 is 18.0 Å². The fourth-order valence-corrected chi connectivity index (χ4v) is 1.38. The van der Waals surface area contributed by atoms with Crippen molar-refractivity contribution in [2.75, 3.05) is 31.2 Å². The third-order valence-electron chi connectivity index (χ3n) is 2.15. The Balaban J connectivity index is 2.54. The maximum Gasteiger partial charge on any atom is 0.251 e. The normalized spacial score (nSPS) is 11.0. The van der Waals surface area contributed by atoms with Gasteiger partial charge in [0, 0.05) is 0 Å². The summed E-state index contributed by atoms with van der Waals surface area (Å²) in [6.07, 6.45) is -2.50. The van der Waals surface area contributed by atoms with Crippen LogP contribution < -0.4 is 11.1 Å². The number of nitrogens with two attached hydrogens (primary N) is 1. The number of alkyl halides is 2. The summed E-state index contributed by atoms with van der Waals surface area (Å²) in [5.74, 6) is -1.00. The maximum atomic E-state index is 12.8. The molecule has 1 aromatic rings. The number of likely N-dealkylation sites (N-methyl/N-ethyl adjacent to an activating group) is 1. The molecule has 0 aliphatic carbocycles. The Labute approximate surface area is 103 Å². The van der Waals surface area contributed by atoms with Gasteiger partial charge in [0.05, 0.1) is 24.5 Å². The fraction of sp³-hybridized carbons (Fsp3) is 0.364. The number of amides is 1. The minimum Gasteiger partial charge on any atom is -0.397 e. The Morgan fingerprint density at radius 1 is 1.50 bits per heavy atom. The quantitative estimate of drug-likeness (QED) is 0.790. The van der Waals surface area contributed by atoms with Crippen molar-refractivity contribution in [2.24, 2.45) is 0 Å². The minimum absolute atomic E-state index is 0.0832. The molecule has 1 rings (SSSR count). The number of carbonyl (C=O) groups is 1. The lowest BCUT2D eigenvalue weighted by Gasteiger charge is -2.16. The van der Waals surface area contributed by atoms with E-state index in [4.69, 9.17) is 5.73 Å². The highest BCUT2D eigenvalue weighted by molar-refractivity contribution is 5.95. The molecule has 0 atom stereocenters. The molecule has 1 aromatic carbocycles. The molecule has 0 bridgehead atoms. The zero-order valence-corrected chi connectivity index (χ0v) is 9.79. The molecule has 7 heteroatoms. The number of rotatable bonds is 5. The molecular weight excluding hydrogens is 247 g/mol. The number of nitrogen functional groups attached to an aromatic ring is 1. The van der Waals surface area contributed by atoms with Crippen LogP contribution in [0.2, 0.25) is 0 Å². The van der Waals surface area contributed by atoms with Crippen LogP contribution in [-0.4, -0.2) is 37.4 Å². The Hall–Kier alpha value is -1.76. The SMILES string of the molecule is CN(CC(=O)Nc1ccc(F)cc1N)CC(F)F. The second kappa shape index (κ2) is 6.25.